The maximum Gasteiger partial charge on any atom is 0.226 e. The first-order valence-corrected chi connectivity index (χ1v) is 9.28. The molecule has 2 aliphatic heterocycles. The summed E-state index contributed by atoms with van der Waals surface area (Å²) >= 11 is 0. The standard InChI is InChI=1S/C20H30N2O2/c1-16-3-5-18(6-4-16)15-20(23)22-9-7-19(8-10-22)17(2)21-11-13-24-14-12-21/h3-6,17,19H,7-15H2,1-2H3. The number of ether oxygens (including phenoxy) is 1. The molecular weight excluding hydrogens is 300 g/mol. The largest absolute Gasteiger partial charge is 0.379 e. The molecule has 1 unspecified atom stereocenters. The van der Waals surface area contributed by atoms with E-state index in [1.165, 1.54) is 5.56 Å². The summed E-state index contributed by atoms with van der Waals surface area (Å²) in [4.78, 5) is 17.1. The number of carbonyl (C=O) groups excluding carboxylic acids is 1. The lowest BCUT2D eigenvalue weighted by Gasteiger charge is -2.41. The summed E-state index contributed by atoms with van der Waals surface area (Å²) in [5.41, 5.74) is 2.36. The number of likely N-dealkylation sites (tertiary alicyclic amines) is 1. The zero-order chi connectivity index (χ0) is 16.9. The number of morpholine rings is 1. The predicted octanol–water partition coefficient (Wildman–Crippen LogP) is 2.50. The van der Waals surface area contributed by atoms with Crippen LogP contribution in [0.5, 0.6) is 0 Å². The summed E-state index contributed by atoms with van der Waals surface area (Å²) in [6.45, 7) is 10.1. The average Bonchev–Trinajstić information content (AvgIpc) is 2.64. The number of benzene rings is 1. The molecule has 0 aliphatic carbocycles. The fraction of sp³-hybridized carbons (Fsp3) is 0.650. The lowest BCUT2D eigenvalue weighted by Crippen LogP contribution is -2.49. The van der Waals surface area contributed by atoms with Crippen LogP contribution in [-0.4, -0.2) is 61.1 Å². The Morgan fingerprint density at radius 1 is 1.12 bits per heavy atom. The predicted molar refractivity (Wildman–Crippen MR) is 96.0 cm³/mol. The number of nitrogens with zero attached hydrogens (tertiary/aromatic N) is 2. The van der Waals surface area contributed by atoms with Crippen molar-refractivity contribution in [1.29, 1.82) is 0 Å². The monoisotopic (exact) mass is 330 g/mol. The van der Waals surface area contributed by atoms with Crippen LogP contribution in [-0.2, 0) is 16.0 Å². The van der Waals surface area contributed by atoms with Crippen LogP contribution < -0.4 is 0 Å². The van der Waals surface area contributed by atoms with Gasteiger partial charge in [0, 0.05) is 32.2 Å². The van der Waals surface area contributed by atoms with Crippen molar-refractivity contribution in [3.05, 3.63) is 35.4 Å². The minimum Gasteiger partial charge on any atom is -0.379 e. The van der Waals surface area contributed by atoms with E-state index in [2.05, 4.69) is 47.9 Å². The second-order valence-electron chi connectivity index (χ2n) is 7.27. The molecular formula is C20H30N2O2. The Kier molecular flexibility index (Phi) is 5.90. The molecule has 2 saturated heterocycles. The SMILES string of the molecule is Cc1ccc(CC(=O)N2CCC(C(C)N3CCOCC3)CC2)cc1. The third-order valence-electron chi connectivity index (χ3n) is 5.67. The highest BCUT2D eigenvalue weighted by Crippen LogP contribution is 2.25. The van der Waals surface area contributed by atoms with Crippen molar-refractivity contribution >= 4 is 5.91 Å². The van der Waals surface area contributed by atoms with Gasteiger partial charge < -0.3 is 9.64 Å². The van der Waals surface area contributed by atoms with E-state index in [0.29, 0.717) is 18.4 Å². The molecule has 0 aromatic heterocycles. The van der Waals surface area contributed by atoms with E-state index in [4.69, 9.17) is 4.74 Å². The van der Waals surface area contributed by atoms with Crippen molar-refractivity contribution < 1.29 is 9.53 Å². The molecule has 1 aromatic carbocycles. The molecule has 3 rings (SSSR count). The maximum absolute atomic E-state index is 12.5. The third kappa shape index (κ3) is 4.37. The number of aryl methyl sites for hydroxylation is 1. The van der Waals surface area contributed by atoms with E-state index in [1.54, 1.807) is 0 Å². The number of hydrogen-bond acceptors (Lipinski definition) is 3. The lowest BCUT2D eigenvalue weighted by molar-refractivity contribution is -0.132. The molecule has 4 nitrogen and oxygen atoms in total. The first-order valence-electron chi connectivity index (χ1n) is 9.28. The molecule has 1 aromatic rings. The van der Waals surface area contributed by atoms with E-state index in [1.807, 2.05) is 0 Å². The Morgan fingerprint density at radius 3 is 2.38 bits per heavy atom. The Bertz CT molecular complexity index is 529. The molecule has 0 saturated carbocycles. The summed E-state index contributed by atoms with van der Waals surface area (Å²) in [7, 11) is 0. The summed E-state index contributed by atoms with van der Waals surface area (Å²) in [6.07, 6.45) is 2.78. The van der Waals surface area contributed by atoms with Crippen LogP contribution in [0, 0.1) is 12.8 Å². The highest BCUT2D eigenvalue weighted by atomic mass is 16.5. The highest BCUT2D eigenvalue weighted by Gasteiger charge is 2.29. The van der Waals surface area contributed by atoms with Crippen LogP contribution in [0.15, 0.2) is 24.3 Å². The second kappa shape index (κ2) is 8.13. The maximum atomic E-state index is 12.5. The van der Waals surface area contributed by atoms with Gasteiger partial charge in [-0.1, -0.05) is 29.8 Å². The first kappa shape index (κ1) is 17.4. The number of hydrogen-bond donors (Lipinski definition) is 0. The summed E-state index contributed by atoms with van der Waals surface area (Å²) in [6, 6.07) is 8.90. The van der Waals surface area contributed by atoms with Crippen molar-refractivity contribution in [2.75, 3.05) is 39.4 Å². The van der Waals surface area contributed by atoms with Gasteiger partial charge in [-0.15, -0.1) is 0 Å². The summed E-state index contributed by atoms with van der Waals surface area (Å²) < 4.78 is 5.46. The molecule has 2 aliphatic rings. The smallest absolute Gasteiger partial charge is 0.226 e. The van der Waals surface area contributed by atoms with Crippen molar-refractivity contribution in [3.63, 3.8) is 0 Å². The van der Waals surface area contributed by atoms with Crippen molar-refractivity contribution in [3.8, 4) is 0 Å². The molecule has 0 bridgehead atoms. The normalized spacial score (nSPS) is 21.7. The molecule has 0 spiro atoms. The number of piperidine rings is 1. The fourth-order valence-corrected chi connectivity index (χ4v) is 3.91. The number of amides is 1. The van der Waals surface area contributed by atoms with Crippen molar-refractivity contribution in [2.45, 2.75) is 39.2 Å². The van der Waals surface area contributed by atoms with Gasteiger partial charge in [-0.05, 0) is 38.2 Å². The Balaban J connectivity index is 1.47. The Labute approximate surface area is 145 Å². The van der Waals surface area contributed by atoms with Gasteiger partial charge in [-0.2, -0.15) is 0 Å². The van der Waals surface area contributed by atoms with Crippen LogP contribution >= 0.6 is 0 Å². The minimum absolute atomic E-state index is 0.274. The topological polar surface area (TPSA) is 32.8 Å². The third-order valence-corrected chi connectivity index (χ3v) is 5.67. The molecule has 1 atom stereocenters. The molecule has 1 amide bonds. The van der Waals surface area contributed by atoms with Gasteiger partial charge in [0.2, 0.25) is 5.91 Å². The summed E-state index contributed by atoms with van der Waals surface area (Å²) in [5.74, 6) is 0.975. The van der Waals surface area contributed by atoms with E-state index in [9.17, 15) is 4.79 Å². The Hall–Kier alpha value is -1.39. The van der Waals surface area contributed by atoms with Gasteiger partial charge >= 0.3 is 0 Å². The van der Waals surface area contributed by atoms with Gasteiger partial charge in [0.05, 0.1) is 19.6 Å². The van der Waals surface area contributed by atoms with Crippen LogP contribution in [0.25, 0.3) is 0 Å². The van der Waals surface area contributed by atoms with Gasteiger partial charge in [0.15, 0.2) is 0 Å². The molecule has 4 heteroatoms. The van der Waals surface area contributed by atoms with E-state index in [-0.39, 0.29) is 5.91 Å². The van der Waals surface area contributed by atoms with Crippen molar-refractivity contribution in [2.24, 2.45) is 5.92 Å². The van der Waals surface area contributed by atoms with Crippen molar-refractivity contribution in [1.82, 2.24) is 9.80 Å². The zero-order valence-electron chi connectivity index (χ0n) is 15.0. The van der Waals surface area contributed by atoms with Crippen LogP contribution in [0.3, 0.4) is 0 Å². The molecule has 2 fully saturated rings. The number of rotatable bonds is 4. The first-order chi connectivity index (χ1) is 11.6. The highest BCUT2D eigenvalue weighted by molar-refractivity contribution is 5.78. The zero-order valence-corrected chi connectivity index (χ0v) is 15.0. The van der Waals surface area contributed by atoms with Gasteiger partial charge in [-0.25, -0.2) is 0 Å². The lowest BCUT2D eigenvalue weighted by atomic mass is 9.89. The molecule has 24 heavy (non-hydrogen) atoms. The summed E-state index contributed by atoms with van der Waals surface area (Å²) in [5, 5.41) is 0. The van der Waals surface area contributed by atoms with Crippen LogP contribution in [0.2, 0.25) is 0 Å². The Morgan fingerprint density at radius 2 is 1.75 bits per heavy atom. The van der Waals surface area contributed by atoms with E-state index in [0.717, 1.165) is 57.8 Å². The molecule has 132 valence electrons. The number of carbonyl (C=O) groups is 1. The van der Waals surface area contributed by atoms with E-state index < -0.39 is 0 Å². The van der Waals surface area contributed by atoms with Gasteiger partial charge in [0.1, 0.15) is 0 Å². The van der Waals surface area contributed by atoms with Gasteiger partial charge in [0.25, 0.3) is 0 Å². The molecule has 0 radical (unpaired) electrons. The van der Waals surface area contributed by atoms with Gasteiger partial charge in [-0.3, -0.25) is 9.69 Å². The van der Waals surface area contributed by atoms with Crippen LogP contribution in [0.4, 0.5) is 0 Å². The van der Waals surface area contributed by atoms with E-state index >= 15 is 0 Å². The average molecular weight is 330 g/mol. The molecule has 2 heterocycles. The van der Waals surface area contributed by atoms with Crippen LogP contribution in [0.1, 0.15) is 30.9 Å². The molecule has 0 N–H and O–H groups in total. The fourth-order valence-electron chi connectivity index (χ4n) is 3.91. The quantitative estimate of drug-likeness (QED) is 0.850. The minimum atomic E-state index is 0.274. The second-order valence-corrected chi connectivity index (χ2v) is 7.27.